The van der Waals surface area contributed by atoms with Gasteiger partial charge in [0.25, 0.3) is 0 Å². The molecule has 1 aromatic heterocycles. The molecular weight excluding hydrogens is 220 g/mol. The number of ether oxygens (including phenoxy) is 1. The smallest absolute Gasteiger partial charge is 0.225 e. The van der Waals surface area contributed by atoms with Gasteiger partial charge in [0, 0.05) is 6.07 Å². The number of nitrogens with zero attached hydrogens (tertiary/aromatic N) is 2. The number of nitrogens with two attached hydrogens (primary N) is 1. The number of aliphatic hydroxyl groups is 1. The van der Waals surface area contributed by atoms with Gasteiger partial charge in [0.2, 0.25) is 11.8 Å². The fourth-order valence-corrected chi connectivity index (χ4v) is 1.58. The molecule has 0 saturated heterocycles. The molecule has 0 saturated carbocycles. The highest BCUT2D eigenvalue weighted by Gasteiger charge is 2.11. The van der Waals surface area contributed by atoms with E-state index in [0.717, 1.165) is 6.42 Å². The molecule has 1 heterocycles. The second-order valence-electron chi connectivity index (χ2n) is 4.31. The summed E-state index contributed by atoms with van der Waals surface area (Å²) in [5, 5.41) is 12.4. The Bertz CT molecular complexity index is 357. The van der Waals surface area contributed by atoms with Crippen LogP contribution in [0.2, 0.25) is 0 Å². The normalized spacial score (nSPS) is 12.5. The molecule has 0 amide bonds. The van der Waals surface area contributed by atoms with Crippen LogP contribution >= 0.6 is 0 Å². The molecule has 0 radical (unpaired) electrons. The first-order valence-corrected chi connectivity index (χ1v) is 5.61. The summed E-state index contributed by atoms with van der Waals surface area (Å²) in [5.74, 6) is 1.60. The van der Waals surface area contributed by atoms with E-state index in [1.165, 1.54) is 7.11 Å². The van der Waals surface area contributed by atoms with Crippen LogP contribution in [0, 0.1) is 5.92 Å². The second-order valence-corrected chi connectivity index (χ2v) is 4.31. The second kappa shape index (κ2) is 6.24. The molecule has 1 rings (SSSR count). The lowest BCUT2D eigenvalue weighted by molar-refractivity contribution is 0.259. The molecule has 96 valence electrons. The first-order valence-electron chi connectivity index (χ1n) is 5.61. The standard InChI is InChI=1S/C11H20N4O2/c1-7(2)4-8(6-16)13-9-5-10(17-3)15-11(12)14-9/h5,7-8,16H,4,6H2,1-3H3,(H3,12,13,14,15). The lowest BCUT2D eigenvalue weighted by atomic mass is 10.0. The molecule has 17 heavy (non-hydrogen) atoms. The molecule has 1 atom stereocenters. The molecule has 6 heteroatoms. The predicted octanol–water partition coefficient (Wildman–Crippen LogP) is 0.886. The van der Waals surface area contributed by atoms with Gasteiger partial charge in [-0.3, -0.25) is 0 Å². The fourth-order valence-electron chi connectivity index (χ4n) is 1.58. The van der Waals surface area contributed by atoms with Gasteiger partial charge in [-0.1, -0.05) is 13.8 Å². The van der Waals surface area contributed by atoms with Crippen molar-refractivity contribution in [3.05, 3.63) is 6.07 Å². The van der Waals surface area contributed by atoms with E-state index >= 15 is 0 Å². The van der Waals surface area contributed by atoms with Crippen molar-refractivity contribution in [3.63, 3.8) is 0 Å². The van der Waals surface area contributed by atoms with Gasteiger partial charge in [-0.2, -0.15) is 9.97 Å². The molecule has 0 aliphatic heterocycles. The maximum absolute atomic E-state index is 9.26. The summed E-state index contributed by atoms with van der Waals surface area (Å²) in [6.45, 7) is 4.24. The third kappa shape index (κ3) is 4.44. The molecule has 4 N–H and O–H groups in total. The maximum Gasteiger partial charge on any atom is 0.225 e. The average molecular weight is 240 g/mol. The molecule has 0 aromatic carbocycles. The number of methoxy groups -OCH3 is 1. The Morgan fingerprint density at radius 3 is 2.71 bits per heavy atom. The molecule has 0 spiro atoms. The van der Waals surface area contributed by atoms with Crippen LogP contribution in [0.25, 0.3) is 0 Å². The van der Waals surface area contributed by atoms with Crippen molar-refractivity contribution in [2.75, 3.05) is 24.8 Å². The molecule has 6 nitrogen and oxygen atoms in total. The number of rotatable bonds is 6. The van der Waals surface area contributed by atoms with E-state index in [9.17, 15) is 5.11 Å². The van der Waals surface area contributed by atoms with Gasteiger partial charge in [0.05, 0.1) is 19.8 Å². The van der Waals surface area contributed by atoms with Gasteiger partial charge in [0.15, 0.2) is 0 Å². The van der Waals surface area contributed by atoms with Crippen molar-refractivity contribution in [2.24, 2.45) is 5.92 Å². The minimum atomic E-state index is -0.0472. The van der Waals surface area contributed by atoms with Crippen molar-refractivity contribution >= 4 is 11.8 Å². The van der Waals surface area contributed by atoms with Crippen molar-refractivity contribution in [1.29, 1.82) is 0 Å². The Hall–Kier alpha value is -1.56. The van der Waals surface area contributed by atoms with Gasteiger partial charge < -0.3 is 20.9 Å². The van der Waals surface area contributed by atoms with Crippen LogP contribution in [0.5, 0.6) is 5.88 Å². The first-order chi connectivity index (χ1) is 8.05. The van der Waals surface area contributed by atoms with Gasteiger partial charge in [0.1, 0.15) is 5.82 Å². The molecule has 0 aliphatic rings. The first kappa shape index (κ1) is 13.5. The number of hydrogen-bond donors (Lipinski definition) is 3. The minimum Gasteiger partial charge on any atom is -0.481 e. The Balaban J connectivity index is 2.74. The zero-order chi connectivity index (χ0) is 12.8. The van der Waals surface area contributed by atoms with Crippen LogP contribution in [0.15, 0.2) is 6.07 Å². The van der Waals surface area contributed by atoms with Gasteiger partial charge in [-0.15, -0.1) is 0 Å². The average Bonchev–Trinajstić information content (AvgIpc) is 2.26. The highest BCUT2D eigenvalue weighted by molar-refractivity contribution is 5.43. The summed E-state index contributed by atoms with van der Waals surface area (Å²) in [5.41, 5.74) is 5.55. The Morgan fingerprint density at radius 2 is 2.18 bits per heavy atom. The summed E-state index contributed by atoms with van der Waals surface area (Å²) in [6, 6.07) is 1.60. The summed E-state index contributed by atoms with van der Waals surface area (Å²) in [7, 11) is 1.52. The monoisotopic (exact) mass is 240 g/mol. The van der Waals surface area contributed by atoms with Crippen LogP contribution in [0.4, 0.5) is 11.8 Å². The largest absolute Gasteiger partial charge is 0.481 e. The van der Waals surface area contributed by atoms with E-state index in [2.05, 4.69) is 29.1 Å². The van der Waals surface area contributed by atoms with Gasteiger partial charge in [-0.05, 0) is 12.3 Å². The topological polar surface area (TPSA) is 93.3 Å². The van der Waals surface area contributed by atoms with Crippen molar-refractivity contribution in [1.82, 2.24) is 9.97 Å². The Kier molecular flexibility index (Phi) is 4.96. The lowest BCUT2D eigenvalue weighted by Gasteiger charge is -2.19. The number of aromatic nitrogens is 2. The molecule has 0 fully saturated rings. The number of nitrogen functional groups attached to an aromatic ring is 1. The minimum absolute atomic E-state index is 0.0460. The lowest BCUT2D eigenvalue weighted by Crippen LogP contribution is -2.26. The van der Waals surface area contributed by atoms with E-state index in [1.54, 1.807) is 6.07 Å². The maximum atomic E-state index is 9.26. The number of hydrogen-bond acceptors (Lipinski definition) is 6. The third-order valence-corrected chi connectivity index (χ3v) is 2.26. The van der Waals surface area contributed by atoms with Crippen LogP contribution in [-0.4, -0.2) is 34.8 Å². The van der Waals surface area contributed by atoms with Crippen molar-refractivity contribution in [3.8, 4) is 5.88 Å². The molecule has 1 unspecified atom stereocenters. The van der Waals surface area contributed by atoms with Crippen LogP contribution in [0.3, 0.4) is 0 Å². The van der Waals surface area contributed by atoms with Crippen LogP contribution in [0.1, 0.15) is 20.3 Å². The molecular formula is C11H20N4O2. The third-order valence-electron chi connectivity index (χ3n) is 2.26. The van der Waals surface area contributed by atoms with Gasteiger partial charge >= 0.3 is 0 Å². The van der Waals surface area contributed by atoms with Crippen LogP contribution in [-0.2, 0) is 0 Å². The summed E-state index contributed by atoms with van der Waals surface area (Å²) in [4.78, 5) is 7.93. The Morgan fingerprint density at radius 1 is 1.47 bits per heavy atom. The zero-order valence-electron chi connectivity index (χ0n) is 10.5. The highest BCUT2D eigenvalue weighted by Crippen LogP contribution is 2.16. The summed E-state index contributed by atoms with van der Waals surface area (Å²) >= 11 is 0. The van der Waals surface area contributed by atoms with E-state index < -0.39 is 0 Å². The SMILES string of the molecule is COc1cc(NC(CO)CC(C)C)nc(N)n1. The number of anilines is 2. The number of aliphatic hydroxyl groups excluding tert-OH is 1. The van der Waals surface area contributed by atoms with Gasteiger partial charge in [-0.25, -0.2) is 0 Å². The molecule has 1 aromatic rings. The predicted molar refractivity (Wildman–Crippen MR) is 66.9 cm³/mol. The van der Waals surface area contributed by atoms with Crippen LogP contribution < -0.4 is 15.8 Å². The fraction of sp³-hybridized carbons (Fsp3) is 0.636. The van der Waals surface area contributed by atoms with E-state index in [0.29, 0.717) is 17.6 Å². The molecule has 0 aliphatic carbocycles. The highest BCUT2D eigenvalue weighted by atomic mass is 16.5. The van der Waals surface area contributed by atoms with Crippen molar-refractivity contribution < 1.29 is 9.84 Å². The van der Waals surface area contributed by atoms with E-state index in [4.69, 9.17) is 10.5 Å². The zero-order valence-corrected chi connectivity index (χ0v) is 10.5. The quantitative estimate of drug-likeness (QED) is 0.683. The number of nitrogens with one attached hydrogen (secondary N) is 1. The van der Waals surface area contributed by atoms with Crippen molar-refractivity contribution in [2.45, 2.75) is 26.3 Å². The summed E-state index contributed by atoms with van der Waals surface area (Å²) < 4.78 is 5.00. The summed E-state index contributed by atoms with van der Waals surface area (Å²) in [6.07, 6.45) is 0.850. The van der Waals surface area contributed by atoms with E-state index in [-0.39, 0.29) is 18.6 Å². The molecule has 0 bridgehead atoms. The van der Waals surface area contributed by atoms with E-state index in [1.807, 2.05) is 0 Å². The Labute approximate surface area is 101 Å².